The highest BCUT2D eigenvalue weighted by Gasteiger charge is 2.21. The van der Waals surface area contributed by atoms with E-state index in [1.165, 1.54) is 0 Å². The molecule has 7 nitrogen and oxygen atoms in total. The van der Waals surface area contributed by atoms with Crippen molar-refractivity contribution in [3.63, 3.8) is 0 Å². The average Bonchev–Trinajstić information content (AvgIpc) is 2.89. The molecular formula is C15H21N3O4. The van der Waals surface area contributed by atoms with Crippen molar-refractivity contribution >= 4 is 17.0 Å². The molecule has 0 aliphatic rings. The van der Waals surface area contributed by atoms with E-state index in [2.05, 4.69) is 15.5 Å². The highest BCUT2D eigenvalue weighted by atomic mass is 16.6. The number of aromatic nitrogens is 2. The number of nitrogens with zero attached hydrogens (tertiary/aromatic N) is 1. The Morgan fingerprint density at radius 2 is 2.14 bits per heavy atom. The molecule has 0 aliphatic heterocycles. The summed E-state index contributed by atoms with van der Waals surface area (Å²) < 4.78 is 5.06. The number of rotatable bonds is 4. The maximum atomic E-state index is 11.5. The Morgan fingerprint density at radius 3 is 2.82 bits per heavy atom. The van der Waals surface area contributed by atoms with E-state index in [4.69, 9.17) is 4.74 Å². The van der Waals surface area contributed by atoms with Crippen LogP contribution in [0.3, 0.4) is 0 Å². The molecule has 22 heavy (non-hydrogen) atoms. The zero-order valence-corrected chi connectivity index (χ0v) is 12.8. The lowest BCUT2D eigenvalue weighted by Crippen LogP contribution is -2.38. The number of aromatic amines is 1. The summed E-state index contributed by atoms with van der Waals surface area (Å²) >= 11 is 0. The van der Waals surface area contributed by atoms with Crippen LogP contribution in [0.4, 0.5) is 4.79 Å². The SMILES string of the molecule is CC(C)(C)OC(=O)NCC(O)C(O)c1ccc2cn[nH]c2c1. The van der Waals surface area contributed by atoms with E-state index in [0.29, 0.717) is 5.56 Å². The number of carbonyl (C=O) groups excluding carboxylic acids is 1. The third kappa shape index (κ3) is 4.19. The molecule has 0 saturated heterocycles. The molecule has 1 aromatic carbocycles. The van der Waals surface area contributed by atoms with Gasteiger partial charge in [0.05, 0.1) is 11.7 Å². The molecule has 0 bridgehead atoms. The van der Waals surface area contributed by atoms with Crippen LogP contribution in [0, 0.1) is 0 Å². The van der Waals surface area contributed by atoms with Crippen LogP contribution < -0.4 is 5.32 Å². The normalized spacial score (nSPS) is 14.6. The molecule has 1 heterocycles. The predicted octanol–water partition coefficient (Wildman–Crippen LogP) is 1.48. The first-order chi connectivity index (χ1) is 10.3. The second-order valence-corrected chi connectivity index (χ2v) is 6.11. The number of nitrogens with one attached hydrogen (secondary N) is 2. The summed E-state index contributed by atoms with van der Waals surface area (Å²) in [5.41, 5.74) is 0.693. The second-order valence-electron chi connectivity index (χ2n) is 6.11. The molecule has 0 saturated carbocycles. The summed E-state index contributed by atoms with van der Waals surface area (Å²) in [4.78, 5) is 11.5. The maximum Gasteiger partial charge on any atom is 0.407 e. The molecule has 2 unspecified atom stereocenters. The summed E-state index contributed by atoms with van der Waals surface area (Å²) in [6.07, 6.45) is -1.23. The quantitative estimate of drug-likeness (QED) is 0.684. The molecule has 2 atom stereocenters. The summed E-state index contributed by atoms with van der Waals surface area (Å²) in [6, 6.07) is 5.22. The fourth-order valence-corrected chi connectivity index (χ4v) is 1.97. The minimum Gasteiger partial charge on any atom is -0.444 e. The van der Waals surface area contributed by atoms with Gasteiger partial charge in [-0.25, -0.2) is 4.79 Å². The number of carbonyl (C=O) groups is 1. The summed E-state index contributed by atoms with van der Waals surface area (Å²) in [7, 11) is 0. The number of aliphatic hydroxyl groups excluding tert-OH is 2. The minimum atomic E-state index is -1.15. The molecular weight excluding hydrogens is 286 g/mol. The molecule has 120 valence electrons. The zero-order valence-electron chi connectivity index (χ0n) is 12.8. The number of alkyl carbamates (subject to hydrolysis) is 1. The van der Waals surface area contributed by atoms with Crippen molar-refractivity contribution in [1.29, 1.82) is 0 Å². The summed E-state index contributed by atoms with van der Waals surface area (Å²) in [6.45, 7) is 5.13. The van der Waals surface area contributed by atoms with Gasteiger partial charge < -0.3 is 20.3 Å². The van der Waals surface area contributed by atoms with Crippen LogP contribution in [0.1, 0.15) is 32.4 Å². The highest BCUT2D eigenvalue weighted by molar-refractivity contribution is 5.78. The Morgan fingerprint density at radius 1 is 1.41 bits per heavy atom. The lowest BCUT2D eigenvalue weighted by molar-refractivity contribution is 0.0130. The van der Waals surface area contributed by atoms with Crippen LogP contribution in [0.5, 0.6) is 0 Å². The molecule has 0 fully saturated rings. The predicted molar refractivity (Wildman–Crippen MR) is 81.3 cm³/mol. The van der Waals surface area contributed by atoms with Gasteiger partial charge in [0.25, 0.3) is 0 Å². The van der Waals surface area contributed by atoms with E-state index < -0.39 is 23.9 Å². The summed E-state index contributed by atoms with van der Waals surface area (Å²) in [5.74, 6) is 0. The molecule has 1 aromatic heterocycles. The number of benzene rings is 1. The molecule has 2 aromatic rings. The molecule has 0 radical (unpaired) electrons. The smallest absolute Gasteiger partial charge is 0.407 e. The fourth-order valence-electron chi connectivity index (χ4n) is 1.97. The number of hydrogen-bond donors (Lipinski definition) is 4. The lowest BCUT2D eigenvalue weighted by Gasteiger charge is -2.22. The van der Waals surface area contributed by atoms with Gasteiger partial charge in [-0.05, 0) is 32.4 Å². The monoisotopic (exact) mass is 307 g/mol. The Hall–Kier alpha value is -2.12. The standard InChI is InChI=1S/C15H21N3O4/c1-15(2,3)22-14(21)16-8-12(19)13(20)9-4-5-10-7-17-18-11(10)6-9/h4-7,12-13,19-20H,8H2,1-3H3,(H,16,21)(H,17,18). The van der Waals surface area contributed by atoms with Crippen LogP contribution >= 0.6 is 0 Å². The van der Waals surface area contributed by atoms with Crippen molar-refractivity contribution in [2.45, 2.75) is 38.6 Å². The number of H-pyrrole nitrogens is 1. The minimum absolute atomic E-state index is 0.114. The van der Waals surface area contributed by atoms with Gasteiger partial charge in [-0.2, -0.15) is 5.10 Å². The first-order valence-electron chi connectivity index (χ1n) is 7.02. The highest BCUT2D eigenvalue weighted by Crippen LogP contribution is 2.21. The Labute approximate surface area is 128 Å². The number of amides is 1. The van der Waals surface area contributed by atoms with Crippen LogP contribution in [0.2, 0.25) is 0 Å². The zero-order chi connectivity index (χ0) is 16.3. The lowest BCUT2D eigenvalue weighted by atomic mass is 10.0. The van der Waals surface area contributed by atoms with Gasteiger partial charge in [-0.1, -0.05) is 12.1 Å². The first kappa shape index (κ1) is 16.3. The van der Waals surface area contributed by atoms with E-state index in [1.54, 1.807) is 45.2 Å². The largest absolute Gasteiger partial charge is 0.444 e. The van der Waals surface area contributed by atoms with Gasteiger partial charge in [-0.3, -0.25) is 5.10 Å². The van der Waals surface area contributed by atoms with Crippen LogP contribution in [0.15, 0.2) is 24.4 Å². The van der Waals surface area contributed by atoms with Crippen molar-refractivity contribution in [3.8, 4) is 0 Å². The van der Waals surface area contributed by atoms with E-state index in [9.17, 15) is 15.0 Å². The van der Waals surface area contributed by atoms with Crippen molar-refractivity contribution < 1.29 is 19.7 Å². The van der Waals surface area contributed by atoms with Crippen molar-refractivity contribution in [2.24, 2.45) is 0 Å². The third-order valence-corrected chi connectivity index (χ3v) is 3.03. The topological polar surface area (TPSA) is 107 Å². The van der Waals surface area contributed by atoms with Gasteiger partial charge in [0.15, 0.2) is 0 Å². The molecule has 1 amide bonds. The summed E-state index contributed by atoms with van der Waals surface area (Å²) in [5, 5.41) is 30.2. The molecule has 2 rings (SSSR count). The second kappa shape index (κ2) is 6.33. The van der Waals surface area contributed by atoms with Gasteiger partial charge >= 0.3 is 6.09 Å². The van der Waals surface area contributed by atoms with Crippen LogP contribution in [0.25, 0.3) is 10.9 Å². The van der Waals surface area contributed by atoms with E-state index in [0.717, 1.165) is 10.9 Å². The Balaban J connectivity index is 1.94. The number of ether oxygens (including phenoxy) is 1. The van der Waals surface area contributed by atoms with Gasteiger partial charge in [-0.15, -0.1) is 0 Å². The van der Waals surface area contributed by atoms with Crippen molar-refractivity contribution in [1.82, 2.24) is 15.5 Å². The fraction of sp³-hybridized carbons (Fsp3) is 0.467. The molecule has 7 heteroatoms. The van der Waals surface area contributed by atoms with Gasteiger partial charge in [0, 0.05) is 11.9 Å². The van der Waals surface area contributed by atoms with E-state index in [-0.39, 0.29) is 6.54 Å². The number of aliphatic hydroxyl groups is 2. The van der Waals surface area contributed by atoms with Gasteiger partial charge in [0.1, 0.15) is 17.8 Å². The average molecular weight is 307 g/mol. The Kier molecular flexibility index (Phi) is 4.68. The first-order valence-corrected chi connectivity index (χ1v) is 7.02. The van der Waals surface area contributed by atoms with Crippen molar-refractivity contribution in [2.75, 3.05) is 6.54 Å². The van der Waals surface area contributed by atoms with E-state index >= 15 is 0 Å². The number of fused-ring (bicyclic) bond motifs is 1. The van der Waals surface area contributed by atoms with E-state index in [1.807, 2.05) is 0 Å². The van der Waals surface area contributed by atoms with Crippen molar-refractivity contribution in [3.05, 3.63) is 30.0 Å². The number of hydrogen-bond acceptors (Lipinski definition) is 5. The van der Waals surface area contributed by atoms with Gasteiger partial charge in [0.2, 0.25) is 0 Å². The third-order valence-electron chi connectivity index (χ3n) is 3.03. The molecule has 0 aliphatic carbocycles. The maximum absolute atomic E-state index is 11.5. The Bertz CT molecular complexity index is 648. The molecule has 4 N–H and O–H groups in total. The van der Waals surface area contributed by atoms with Crippen LogP contribution in [-0.4, -0.2) is 44.8 Å². The molecule has 0 spiro atoms. The van der Waals surface area contributed by atoms with Crippen LogP contribution in [-0.2, 0) is 4.74 Å².